The molecule has 0 aromatic carbocycles. The number of esters is 1. The van der Waals surface area contributed by atoms with Gasteiger partial charge in [-0.05, 0) is 12.1 Å². The maximum Gasteiger partial charge on any atom is 0.407 e. The van der Waals surface area contributed by atoms with Gasteiger partial charge in [-0.1, -0.05) is 0 Å². The van der Waals surface area contributed by atoms with Gasteiger partial charge in [-0.2, -0.15) is 0 Å². The standard InChI is InChI=1S/C24H32N6O9/c1-38-21(34)14-18-23(36)29(15-20(32)33)11-12-30(18)22(35)17(26-24(37)39-2)13-19(31)28-9-7-27(8-10-28)16-3-5-25-6-4-16/h3-6,17-18H,7-15H2,1-2H3,(H,26,37)(H,32,33)/t17?,18-/m0/s1. The summed E-state index contributed by atoms with van der Waals surface area (Å²) >= 11 is 0. The van der Waals surface area contributed by atoms with Gasteiger partial charge in [0.05, 0.1) is 27.1 Å². The van der Waals surface area contributed by atoms with Crippen molar-refractivity contribution in [3.8, 4) is 0 Å². The molecule has 2 atom stereocenters. The summed E-state index contributed by atoms with van der Waals surface area (Å²) < 4.78 is 9.28. The first-order chi connectivity index (χ1) is 18.6. The van der Waals surface area contributed by atoms with Crippen LogP contribution in [0.25, 0.3) is 0 Å². The number of hydrogen-bond donors (Lipinski definition) is 2. The maximum absolute atomic E-state index is 13.6. The number of alkyl carbamates (subject to hydrolysis) is 1. The molecule has 0 radical (unpaired) electrons. The second kappa shape index (κ2) is 13.4. The van der Waals surface area contributed by atoms with Gasteiger partial charge in [-0.15, -0.1) is 0 Å². The zero-order valence-electron chi connectivity index (χ0n) is 21.8. The largest absolute Gasteiger partial charge is 0.480 e. The number of pyridine rings is 1. The summed E-state index contributed by atoms with van der Waals surface area (Å²) in [6, 6.07) is 0.991. The third-order valence-corrected chi connectivity index (χ3v) is 6.60. The number of carboxylic acid groups (broad SMARTS) is 1. The monoisotopic (exact) mass is 548 g/mol. The van der Waals surface area contributed by atoms with E-state index in [1.165, 1.54) is 0 Å². The Balaban J connectivity index is 1.73. The van der Waals surface area contributed by atoms with Gasteiger partial charge in [0.1, 0.15) is 18.6 Å². The van der Waals surface area contributed by atoms with Crippen LogP contribution in [0.3, 0.4) is 0 Å². The molecule has 0 aliphatic carbocycles. The van der Waals surface area contributed by atoms with Crippen molar-refractivity contribution in [3.05, 3.63) is 24.5 Å². The van der Waals surface area contributed by atoms with Crippen LogP contribution in [0.2, 0.25) is 0 Å². The van der Waals surface area contributed by atoms with Crippen LogP contribution in [-0.2, 0) is 33.4 Å². The lowest BCUT2D eigenvalue weighted by Crippen LogP contribution is -2.63. The number of methoxy groups -OCH3 is 2. The molecule has 2 aliphatic heterocycles. The predicted molar refractivity (Wildman–Crippen MR) is 133 cm³/mol. The molecule has 2 N–H and O–H groups in total. The van der Waals surface area contributed by atoms with Crippen molar-refractivity contribution < 1.29 is 43.3 Å². The van der Waals surface area contributed by atoms with Gasteiger partial charge < -0.3 is 39.5 Å². The Morgan fingerprint density at radius 3 is 2.28 bits per heavy atom. The van der Waals surface area contributed by atoms with Gasteiger partial charge in [0, 0.05) is 57.3 Å². The van der Waals surface area contributed by atoms with Crippen LogP contribution in [0, 0.1) is 0 Å². The van der Waals surface area contributed by atoms with E-state index < -0.39 is 61.3 Å². The fraction of sp³-hybridized carbons (Fsp3) is 0.542. The second-order valence-electron chi connectivity index (χ2n) is 8.95. The van der Waals surface area contributed by atoms with E-state index in [2.05, 4.69) is 24.7 Å². The molecular formula is C24H32N6O9. The molecule has 0 saturated carbocycles. The number of amides is 4. The van der Waals surface area contributed by atoms with Crippen molar-refractivity contribution in [1.82, 2.24) is 25.0 Å². The number of piperazine rings is 2. The van der Waals surface area contributed by atoms with E-state index in [-0.39, 0.29) is 19.0 Å². The Kier molecular flexibility index (Phi) is 10.0. The van der Waals surface area contributed by atoms with E-state index in [1.807, 2.05) is 12.1 Å². The number of ether oxygens (including phenoxy) is 2. The zero-order valence-corrected chi connectivity index (χ0v) is 21.8. The van der Waals surface area contributed by atoms with Gasteiger partial charge in [0.15, 0.2) is 0 Å². The number of aliphatic carboxylic acids is 1. The summed E-state index contributed by atoms with van der Waals surface area (Å²) in [5.41, 5.74) is 0.973. The Labute approximate surface area is 224 Å². The molecular weight excluding hydrogens is 516 g/mol. The Hall–Kier alpha value is -4.43. The van der Waals surface area contributed by atoms with Gasteiger partial charge in [0.2, 0.25) is 17.7 Å². The molecule has 1 unspecified atom stereocenters. The molecule has 0 spiro atoms. The van der Waals surface area contributed by atoms with Crippen molar-refractivity contribution in [1.29, 1.82) is 0 Å². The third kappa shape index (κ3) is 7.55. The average Bonchev–Trinajstić information content (AvgIpc) is 2.94. The van der Waals surface area contributed by atoms with Crippen molar-refractivity contribution in [2.45, 2.75) is 24.9 Å². The van der Waals surface area contributed by atoms with Crippen LogP contribution in [0.1, 0.15) is 12.8 Å². The molecule has 3 heterocycles. The van der Waals surface area contributed by atoms with Crippen LogP contribution in [-0.4, -0.2) is 133 Å². The molecule has 2 fully saturated rings. The first-order valence-electron chi connectivity index (χ1n) is 12.3. The van der Waals surface area contributed by atoms with E-state index >= 15 is 0 Å². The molecule has 15 heteroatoms. The van der Waals surface area contributed by atoms with Crippen molar-refractivity contribution >= 4 is 41.4 Å². The number of carboxylic acids is 1. The fourth-order valence-corrected chi connectivity index (χ4v) is 4.54. The summed E-state index contributed by atoms with van der Waals surface area (Å²) in [5.74, 6) is -3.96. The Morgan fingerprint density at radius 1 is 1.03 bits per heavy atom. The summed E-state index contributed by atoms with van der Waals surface area (Å²) in [4.78, 5) is 84.8. The number of carbonyl (C=O) groups excluding carboxylic acids is 5. The molecule has 1 aromatic rings. The lowest BCUT2D eigenvalue weighted by molar-refractivity contribution is -0.159. The maximum atomic E-state index is 13.6. The minimum atomic E-state index is -1.39. The smallest absolute Gasteiger partial charge is 0.407 e. The molecule has 2 aliphatic rings. The molecule has 2 saturated heterocycles. The normalized spacial score (nSPS) is 18.3. The van der Waals surface area contributed by atoms with E-state index in [9.17, 15) is 28.8 Å². The van der Waals surface area contributed by atoms with Crippen molar-refractivity contribution in [2.24, 2.45) is 0 Å². The van der Waals surface area contributed by atoms with Gasteiger partial charge >= 0.3 is 18.0 Å². The Bertz CT molecular complexity index is 1080. The summed E-state index contributed by atoms with van der Waals surface area (Å²) in [6.45, 7) is 1.06. The highest BCUT2D eigenvalue weighted by atomic mass is 16.5. The third-order valence-electron chi connectivity index (χ3n) is 6.60. The highest BCUT2D eigenvalue weighted by molar-refractivity contribution is 5.97. The minimum absolute atomic E-state index is 0.107. The van der Waals surface area contributed by atoms with Crippen LogP contribution in [0.4, 0.5) is 10.5 Å². The molecule has 3 rings (SSSR count). The van der Waals surface area contributed by atoms with E-state index in [0.717, 1.165) is 29.7 Å². The average molecular weight is 549 g/mol. The Morgan fingerprint density at radius 2 is 1.69 bits per heavy atom. The number of hydrogen-bond acceptors (Lipinski definition) is 10. The molecule has 15 nitrogen and oxygen atoms in total. The SMILES string of the molecule is COC(=O)C[C@H]1C(=O)N(CC(=O)O)CCN1C(=O)C(CC(=O)N1CCN(c2ccncc2)CC1)NC(=O)OC. The number of aromatic nitrogens is 1. The number of carbonyl (C=O) groups is 6. The van der Waals surface area contributed by atoms with Gasteiger partial charge in [0.25, 0.3) is 0 Å². The van der Waals surface area contributed by atoms with Crippen LogP contribution < -0.4 is 10.2 Å². The number of nitrogens with zero attached hydrogens (tertiary/aromatic N) is 5. The van der Waals surface area contributed by atoms with Gasteiger partial charge in [-0.25, -0.2) is 4.79 Å². The molecule has 1 aromatic heterocycles. The number of nitrogens with one attached hydrogen (secondary N) is 1. The minimum Gasteiger partial charge on any atom is -0.480 e. The number of rotatable bonds is 9. The lowest BCUT2D eigenvalue weighted by Gasteiger charge is -2.41. The van der Waals surface area contributed by atoms with Crippen LogP contribution in [0.15, 0.2) is 24.5 Å². The number of anilines is 1. The molecule has 212 valence electrons. The van der Waals surface area contributed by atoms with E-state index in [1.54, 1.807) is 17.3 Å². The summed E-state index contributed by atoms with van der Waals surface area (Å²) in [7, 11) is 2.22. The van der Waals surface area contributed by atoms with Crippen molar-refractivity contribution in [2.75, 3.05) is 64.9 Å². The summed E-state index contributed by atoms with van der Waals surface area (Å²) in [6.07, 6.45) is 1.48. The predicted octanol–water partition coefficient (Wildman–Crippen LogP) is -1.47. The van der Waals surface area contributed by atoms with E-state index in [0.29, 0.717) is 26.2 Å². The highest BCUT2D eigenvalue weighted by Crippen LogP contribution is 2.19. The first-order valence-corrected chi connectivity index (χ1v) is 12.3. The first kappa shape index (κ1) is 29.1. The zero-order chi connectivity index (χ0) is 28.5. The van der Waals surface area contributed by atoms with Crippen LogP contribution in [0.5, 0.6) is 0 Å². The lowest BCUT2D eigenvalue weighted by atomic mass is 10.0. The molecule has 4 amide bonds. The van der Waals surface area contributed by atoms with Crippen LogP contribution >= 0.6 is 0 Å². The highest BCUT2D eigenvalue weighted by Gasteiger charge is 2.42. The van der Waals surface area contributed by atoms with Gasteiger partial charge in [-0.3, -0.25) is 29.0 Å². The topological polar surface area (TPSA) is 179 Å². The van der Waals surface area contributed by atoms with Crippen molar-refractivity contribution in [3.63, 3.8) is 0 Å². The second-order valence-corrected chi connectivity index (χ2v) is 8.95. The summed E-state index contributed by atoms with van der Waals surface area (Å²) in [5, 5.41) is 11.5. The quantitative estimate of drug-likeness (QED) is 0.344. The molecule has 39 heavy (non-hydrogen) atoms. The molecule has 0 bridgehead atoms. The fourth-order valence-electron chi connectivity index (χ4n) is 4.54. The van der Waals surface area contributed by atoms with E-state index in [4.69, 9.17) is 5.11 Å².